The SMILES string of the molecule is COCCNC(=O)CC1C(=O)NCCN1Cc1ccc(OC)cc1F. The molecule has 1 saturated heterocycles. The van der Waals surface area contributed by atoms with E-state index >= 15 is 0 Å². The predicted molar refractivity (Wildman–Crippen MR) is 89.7 cm³/mol. The molecule has 1 aliphatic rings. The van der Waals surface area contributed by atoms with Crippen molar-refractivity contribution < 1.29 is 23.5 Å². The van der Waals surface area contributed by atoms with Gasteiger partial charge in [-0.1, -0.05) is 6.07 Å². The Hall–Kier alpha value is -2.19. The second-order valence-electron chi connectivity index (χ2n) is 5.78. The minimum atomic E-state index is -0.627. The van der Waals surface area contributed by atoms with E-state index in [2.05, 4.69) is 10.6 Å². The third-order valence-electron chi connectivity index (χ3n) is 4.08. The van der Waals surface area contributed by atoms with Gasteiger partial charge in [0, 0.05) is 44.9 Å². The highest BCUT2D eigenvalue weighted by molar-refractivity contribution is 5.88. The number of ether oxygens (including phenoxy) is 2. The van der Waals surface area contributed by atoms with E-state index in [4.69, 9.17) is 9.47 Å². The Morgan fingerprint density at radius 1 is 1.44 bits per heavy atom. The third kappa shape index (κ3) is 5.40. The summed E-state index contributed by atoms with van der Waals surface area (Å²) >= 11 is 0. The predicted octanol–water partition coefficient (Wildman–Crippen LogP) is 0.287. The molecular weight excluding hydrogens is 329 g/mol. The minimum absolute atomic E-state index is 0.0212. The van der Waals surface area contributed by atoms with E-state index in [-0.39, 0.29) is 24.8 Å². The van der Waals surface area contributed by atoms with Crippen LogP contribution in [-0.4, -0.2) is 63.2 Å². The number of rotatable bonds is 8. The number of hydrogen-bond acceptors (Lipinski definition) is 5. The Balaban J connectivity index is 2.03. The van der Waals surface area contributed by atoms with Gasteiger partial charge in [-0.15, -0.1) is 0 Å². The highest BCUT2D eigenvalue weighted by Crippen LogP contribution is 2.20. The number of benzene rings is 1. The number of carbonyl (C=O) groups is 2. The molecule has 1 fully saturated rings. The fourth-order valence-electron chi connectivity index (χ4n) is 2.72. The minimum Gasteiger partial charge on any atom is -0.497 e. The summed E-state index contributed by atoms with van der Waals surface area (Å²) in [6.07, 6.45) is 0.0212. The molecule has 0 aliphatic carbocycles. The van der Waals surface area contributed by atoms with Gasteiger partial charge < -0.3 is 20.1 Å². The van der Waals surface area contributed by atoms with Crippen LogP contribution in [0.3, 0.4) is 0 Å². The molecule has 8 heteroatoms. The molecule has 0 aromatic heterocycles. The molecule has 2 amide bonds. The van der Waals surface area contributed by atoms with Gasteiger partial charge >= 0.3 is 0 Å². The zero-order chi connectivity index (χ0) is 18.2. The highest BCUT2D eigenvalue weighted by Gasteiger charge is 2.31. The molecule has 1 aromatic rings. The summed E-state index contributed by atoms with van der Waals surface area (Å²) in [6.45, 7) is 2.06. The van der Waals surface area contributed by atoms with Gasteiger partial charge in [0.25, 0.3) is 0 Å². The quantitative estimate of drug-likeness (QED) is 0.657. The Kier molecular flexibility index (Phi) is 7.15. The van der Waals surface area contributed by atoms with E-state index in [0.717, 1.165) is 0 Å². The van der Waals surface area contributed by atoms with E-state index < -0.39 is 11.9 Å². The second kappa shape index (κ2) is 9.33. The van der Waals surface area contributed by atoms with Gasteiger partial charge in [0.05, 0.1) is 26.2 Å². The van der Waals surface area contributed by atoms with Crippen LogP contribution in [-0.2, 0) is 20.9 Å². The van der Waals surface area contributed by atoms with Crippen molar-refractivity contribution in [1.29, 1.82) is 0 Å². The zero-order valence-electron chi connectivity index (χ0n) is 14.5. The summed E-state index contributed by atoms with van der Waals surface area (Å²) in [5.74, 6) is -0.415. The average Bonchev–Trinajstić information content (AvgIpc) is 2.59. The van der Waals surface area contributed by atoms with Gasteiger partial charge in [-0.3, -0.25) is 14.5 Å². The van der Waals surface area contributed by atoms with Crippen LogP contribution in [0.2, 0.25) is 0 Å². The van der Waals surface area contributed by atoms with E-state index in [9.17, 15) is 14.0 Å². The van der Waals surface area contributed by atoms with Gasteiger partial charge in [-0.2, -0.15) is 0 Å². The van der Waals surface area contributed by atoms with Crippen LogP contribution in [0.15, 0.2) is 18.2 Å². The number of carbonyl (C=O) groups excluding carboxylic acids is 2. The summed E-state index contributed by atoms with van der Waals surface area (Å²) < 4.78 is 24.1. The van der Waals surface area contributed by atoms with Crippen LogP contribution >= 0.6 is 0 Å². The zero-order valence-corrected chi connectivity index (χ0v) is 14.5. The summed E-state index contributed by atoms with van der Waals surface area (Å²) in [5.41, 5.74) is 0.459. The maximum atomic E-state index is 14.2. The second-order valence-corrected chi connectivity index (χ2v) is 5.78. The van der Waals surface area contributed by atoms with Crippen molar-refractivity contribution in [2.24, 2.45) is 0 Å². The van der Waals surface area contributed by atoms with Crippen molar-refractivity contribution >= 4 is 11.8 Å². The topological polar surface area (TPSA) is 79.9 Å². The normalized spacial score (nSPS) is 17.9. The lowest BCUT2D eigenvalue weighted by molar-refractivity contribution is -0.134. The highest BCUT2D eigenvalue weighted by atomic mass is 19.1. The van der Waals surface area contributed by atoms with E-state index in [1.807, 2.05) is 4.90 Å². The summed E-state index contributed by atoms with van der Waals surface area (Å²) in [7, 11) is 3.02. The van der Waals surface area contributed by atoms with Crippen LogP contribution in [0.4, 0.5) is 4.39 Å². The number of halogens is 1. The molecule has 25 heavy (non-hydrogen) atoms. The monoisotopic (exact) mass is 353 g/mol. The molecule has 1 atom stereocenters. The maximum absolute atomic E-state index is 14.2. The Morgan fingerprint density at radius 2 is 2.24 bits per heavy atom. The first-order valence-electron chi connectivity index (χ1n) is 8.15. The van der Waals surface area contributed by atoms with E-state index in [0.29, 0.717) is 37.6 Å². The van der Waals surface area contributed by atoms with Crippen LogP contribution in [0.1, 0.15) is 12.0 Å². The summed E-state index contributed by atoms with van der Waals surface area (Å²) in [4.78, 5) is 26.0. The number of piperazine rings is 1. The summed E-state index contributed by atoms with van der Waals surface area (Å²) in [6, 6.07) is 4.00. The molecule has 1 unspecified atom stereocenters. The molecular formula is C17H24FN3O4. The van der Waals surface area contributed by atoms with Gasteiger partial charge in [0.1, 0.15) is 11.6 Å². The average molecular weight is 353 g/mol. The molecule has 2 N–H and O–H groups in total. The van der Waals surface area contributed by atoms with E-state index in [1.165, 1.54) is 13.2 Å². The third-order valence-corrected chi connectivity index (χ3v) is 4.08. The largest absolute Gasteiger partial charge is 0.497 e. The van der Waals surface area contributed by atoms with Crippen LogP contribution in [0.5, 0.6) is 5.75 Å². The molecule has 0 radical (unpaired) electrons. The van der Waals surface area contributed by atoms with Gasteiger partial charge in [-0.25, -0.2) is 4.39 Å². The molecule has 1 aliphatic heterocycles. The van der Waals surface area contributed by atoms with Crippen LogP contribution in [0, 0.1) is 5.82 Å². The fourth-order valence-corrected chi connectivity index (χ4v) is 2.72. The van der Waals surface area contributed by atoms with E-state index in [1.54, 1.807) is 19.2 Å². The van der Waals surface area contributed by atoms with Crippen molar-refractivity contribution in [1.82, 2.24) is 15.5 Å². The fraction of sp³-hybridized carbons (Fsp3) is 0.529. The lowest BCUT2D eigenvalue weighted by Gasteiger charge is -2.34. The standard InChI is InChI=1S/C17H24FN3O4/c1-24-8-6-19-16(22)10-15-17(23)20-5-7-21(15)11-12-3-4-13(25-2)9-14(12)18/h3-4,9,15H,5-8,10-11H2,1-2H3,(H,19,22)(H,20,23). The number of nitrogens with zero attached hydrogens (tertiary/aromatic N) is 1. The smallest absolute Gasteiger partial charge is 0.237 e. The Bertz CT molecular complexity index is 612. The molecule has 1 heterocycles. The molecule has 0 saturated carbocycles. The lowest BCUT2D eigenvalue weighted by Crippen LogP contribution is -2.56. The molecule has 0 spiro atoms. The van der Waals surface area contributed by atoms with Gasteiger partial charge in [0.15, 0.2) is 0 Å². The molecule has 0 bridgehead atoms. The number of amides is 2. The lowest BCUT2D eigenvalue weighted by atomic mass is 10.1. The molecule has 1 aromatic carbocycles. The van der Waals surface area contributed by atoms with Crippen LogP contribution in [0.25, 0.3) is 0 Å². The molecule has 7 nitrogen and oxygen atoms in total. The van der Waals surface area contributed by atoms with Crippen molar-refractivity contribution in [2.45, 2.75) is 19.0 Å². The number of methoxy groups -OCH3 is 2. The first-order valence-corrected chi connectivity index (χ1v) is 8.15. The summed E-state index contributed by atoms with van der Waals surface area (Å²) in [5, 5.41) is 5.46. The molecule has 138 valence electrons. The Morgan fingerprint density at radius 3 is 2.92 bits per heavy atom. The maximum Gasteiger partial charge on any atom is 0.237 e. The van der Waals surface area contributed by atoms with Gasteiger partial charge in [0.2, 0.25) is 11.8 Å². The number of hydrogen-bond donors (Lipinski definition) is 2. The van der Waals surface area contributed by atoms with Crippen molar-refractivity contribution in [3.63, 3.8) is 0 Å². The first kappa shape index (κ1) is 19.1. The Labute approximate surface area is 146 Å². The van der Waals surface area contributed by atoms with Crippen LogP contribution < -0.4 is 15.4 Å². The number of nitrogens with one attached hydrogen (secondary N) is 2. The van der Waals surface area contributed by atoms with Crippen molar-refractivity contribution in [3.8, 4) is 5.75 Å². The van der Waals surface area contributed by atoms with Crippen molar-refractivity contribution in [3.05, 3.63) is 29.6 Å². The van der Waals surface area contributed by atoms with Gasteiger partial charge in [-0.05, 0) is 6.07 Å². The van der Waals surface area contributed by atoms with Crippen molar-refractivity contribution in [2.75, 3.05) is 40.5 Å². The first-order chi connectivity index (χ1) is 12.0. The molecule has 2 rings (SSSR count).